The van der Waals surface area contributed by atoms with Gasteiger partial charge in [-0.05, 0) is 31.3 Å². The molecule has 3 rings (SSSR count). The zero-order valence-corrected chi connectivity index (χ0v) is 14.8. The molecule has 2 fully saturated rings. The lowest BCUT2D eigenvalue weighted by molar-refractivity contribution is -0.164. The molecule has 1 N–H and O–H groups in total. The van der Waals surface area contributed by atoms with E-state index in [9.17, 15) is 14.7 Å². The first-order valence-corrected chi connectivity index (χ1v) is 8.74. The Morgan fingerprint density at radius 2 is 2.00 bits per heavy atom. The van der Waals surface area contributed by atoms with Crippen LogP contribution in [0.2, 0.25) is 0 Å². The lowest BCUT2D eigenvalue weighted by Gasteiger charge is -2.47. The first-order chi connectivity index (χ1) is 10.9. The predicted molar refractivity (Wildman–Crippen MR) is 87.3 cm³/mol. The van der Waals surface area contributed by atoms with Gasteiger partial charge in [-0.25, -0.2) is 4.79 Å². The Bertz CT molecular complexity index is 511. The smallest absolute Gasteiger partial charge is 0.354 e. The molecule has 23 heavy (non-hydrogen) atoms. The van der Waals surface area contributed by atoms with Gasteiger partial charge in [0.05, 0.1) is 25.2 Å². The molecule has 0 bridgehead atoms. The highest BCUT2D eigenvalue weighted by Crippen LogP contribution is 2.53. The molecule has 0 spiro atoms. The maximum absolute atomic E-state index is 12.3. The average Bonchev–Trinajstić information content (AvgIpc) is 2.79. The van der Waals surface area contributed by atoms with Crippen LogP contribution in [-0.4, -0.2) is 41.1 Å². The Hall–Kier alpha value is -1.36. The molecule has 1 saturated carbocycles. The number of aliphatic hydroxyl groups is 1. The van der Waals surface area contributed by atoms with E-state index in [0.29, 0.717) is 11.6 Å². The van der Waals surface area contributed by atoms with Gasteiger partial charge in [0.2, 0.25) is 5.91 Å². The normalized spacial score (nSPS) is 33.1. The second-order valence-corrected chi connectivity index (χ2v) is 6.91. The van der Waals surface area contributed by atoms with Crippen molar-refractivity contribution in [2.75, 3.05) is 7.11 Å². The van der Waals surface area contributed by atoms with Crippen LogP contribution in [0.3, 0.4) is 0 Å². The summed E-state index contributed by atoms with van der Waals surface area (Å²) in [5, 5.41) is 9.85. The Kier molecular flexibility index (Phi) is 5.50. The summed E-state index contributed by atoms with van der Waals surface area (Å²) < 4.78 is 4.87. The van der Waals surface area contributed by atoms with Crippen LogP contribution in [0.1, 0.15) is 53.4 Å². The van der Waals surface area contributed by atoms with Crippen LogP contribution in [0.4, 0.5) is 0 Å². The summed E-state index contributed by atoms with van der Waals surface area (Å²) in [6.07, 6.45) is 3.71. The van der Waals surface area contributed by atoms with Crippen LogP contribution in [0.5, 0.6) is 0 Å². The molecule has 5 nitrogen and oxygen atoms in total. The third-order valence-corrected chi connectivity index (χ3v) is 5.10. The summed E-state index contributed by atoms with van der Waals surface area (Å²) >= 11 is 0. The minimum atomic E-state index is -0.667. The first-order valence-electron chi connectivity index (χ1n) is 8.74. The highest BCUT2D eigenvalue weighted by Gasteiger charge is 2.61. The standard InChI is InChI=1S/C15H21NO4.C3H8/c1-7-5-4-6-9-10(7)13(15(19)20-3)16-12(9)11(8(2)17)14(16)18;1-3-2/h7-9,11-12,17H,4-6H2,1-3H3;3H2,1-2H3. The van der Waals surface area contributed by atoms with Gasteiger partial charge >= 0.3 is 5.97 Å². The third kappa shape index (κ3) is 2.80. The number of ether oxygens (including phenoxy) is 1. The van der Waals surface area contributed by atoms with E-state index < -0.39 is 12.1 Å². The van der Waals surface area contributed by atoms with Crippen LogP contribution in [0.25, 0.3) is 0 Å². The zero-order valence-electron chi connectivity index (χ0n) is 14.8. The van der Waals surface area contributed by atoms with E-state index in [1.54, 1.807) is 11.8 Å². The molecule has 0 aromatic heterocycles. The molecule has 0 aromatic carbocycles. The Morgan fingerprint density at radius 3 is 2.52 bits per heavy atom. The number of esters is 1. The van der Waals surface area contributed by atoms with Crippen LogP contribution in [-0.2, 0) is 14.3 Å². The molecule has 0 radical (unpaired) electrons. The number of hydrogen-bond acceptors (Lipinski definition) is 4. The summed E-state index contributed by atoms with van der Waals surface area (Å²) in [7, 11) is 1.35. The van der Waals surface area contributed by atoms with Crippen molar-refractivity contribution in [1.29, 1.82) is 0 Å². The van der Waals surface area contributed by atoms with Crippen LogP contribution >= 0.6 is 0 Å². The van der Waals surface area contributed by atoms with Gasteiger partial charge in [-0.1, -0.05) is 33.6 Å². The number of β-lactam (4-membered cyclic amide) rings is 1. The molecular formula is C18H29NO4. The molecule has 1 aliphatic carbocycles. The number of nitrogens with zero attached hydrogens (tertiary/aromatic N) is 1. The molecule has 130 valence electrons. The van der Waals surface area contributed by atoms with E-state index >= 15 is 0 Å². The van der Waals surface area contributed by atoms with Crippen molar-refractivity contribution < 1.29 is 19.4 Å². The number of aliphatic hydroxyl groups excluding tert-OH is 1. The summed E-state index contributed by atoms with van der Waals surface area (Å²) in [5.41, 5.74) is 1.53. The van der Waals surface area contributed by atoms with Crippen molar-refractivity contribution in [3.05, 3.63) is 11.3 Å². The second-order valence-electron chi connectivity index (χ2n) is 6.91. The summed E-state index contributed by atoms with van der Waals surface area (Å²) in [6, 6.07) is -0.0469. The van der Waals surface area contributed by atoms with Crippen molar-refractivity contribution >= 4 is 11.9 Å². The van der Waals surface area contributed by atoms with Crippen LogP contribution in [0.15, 0.2) is 11.3 Å². The molecule has 5 unspecified atom stereocenters. The van der Waals surface area contributed by atoms with Crippen LogP contribution in [0, 0.1) is 17.8 Å². The topological polar surface area (TPSA) is 66.8 Å². The van der Waals surface area contributed by atoms with Gasteiger partial charge in [0.25, 0.3) is 0 Å². The predicted octanol–water partition coefficient (Wildman–Crippen LogP) is 2.49. The maximum atomic E-state index is 12.3. The van der Waals surface area contributed by atoms with E-state index in [0.717, 1.165) is 24.8 Å². The van der Waals surface area contributed by atoms with E-state index in [1.165, 1.54) is 13.5 Å². The van der Waals surface area contributed by atoms with Gasteiger partial charge in [-0.2, -0.15) is 0 Å². The molecule has 5 atom stereocenters. The van der Waals surface area contributed by atoms with Gasteiger partial charge < -0.3 is 14.7 Å². The number of hydrogen-bond donors (Lipinski definition) is 1. The molecule has 2 aliphatic heterocycles. The first kappa shape index (κ1) is 18.0. The van der Waals surface area contributed by atoms with Crippen molar-refractivity contribution in [2.24, 2.45) is 17.8 Å². The van der Waals surface area contributed by atoms with E-state index in [2.05, 4.69) is 20.8 Å². The molecule has 2 heterocycles. The summed E-state index contributed by atoms with van der Waals surface area (Å²) in [6.45, 7) is 8.01. The van der Waals surface area contributed by atoms with Gasteiger partial charge in [-0.15, -0.1) is 0 Å². The fraction of sp³-hybridized carbons (Fsp3) is 0.778. The minimum absolute atomic E-state index is 0.0469. The van der Waals surface area contributed by atoms with Crippen LogP contribution < -0.4 is 0 Å². The maximum Gasteiger partial charge on any atom is 0.354 e. The Morgan fingerprint density at radius 1 is 1.39 bits per heavy atom. The van der Waals surface area contributed by atoms with E-state index in [1.807, 2.05) is 0 Å². The highest BCUT2D eigenvalue weighted by atomic mass is 16.5. The summed E-state index contributed by atoms with van der Waals surface area (Å²) in [4.78, 5) is 26.0. The fourth-order valence-corrected chi connectivity index (χ4v) is 4.25. The second kappa shape index (κ2) is 7.04. The average molecular weight is 323 g/mol. The Balaban J connectivity index is 0.000000595. The van der Waals surface area contributed by atoms with Gasteiger partial charge in [0.1, 0.15) is 5.70 Å². The Labute approximate surface area is 138 Å². The lowest BCUT2D eigenvalue weighted by atomic mass is 9.70. The third-order valence-electron chi connectivity index (χ3n) is 5.10. The quantitative estimate of drug-likeness (QED) is 0.626. The monoisotopic (exact) mass is 323 g/mol. The molecule has 1 saturated heterocycles. The number of methoxy groups -OCH3 is 1. The van der Waals surface area contributed by atoms with Gasteiger partial charge in [0.15, 0.2) is 0 Å². The van der Waals surface area contributed by atoms with E-state index in [4.69, 9.17) is 4.74 Å². The largest absolute Gasteiger partial charge is 0.464 e. The fourth-order valence-electron chi connectivity index (χ4n) is 4.25. The number of carbonyl (C=O) groups excluding carboxylic acids is 2. The minimum Gasteiger partial charge on any atom is -0.464 e. The van der Waals surface area contributed by atoms with Crippen molar-refractivity contribution in [3.63, 3.8) is 0 Å². The van der Waals surface area contributed by atoms with Gasteiger partial charge in [-0.3, -0.25) is 4.79 Å². The number of fused-ring (bicyclic) bond motifs is 3. The van der Waals surface area contributed by atoms with Crippen molar-refractivity contribution in [1.82, 2.24) is 4.90 Å². The molecule has 3 aliphatic rings. The number of rotatable bonds is 2. The molecule has 0 aromatic rings. The van der Waals surface area contributed by atoms with E-state index in [-0.39, 0.29) is 23.8 Å². The molecular weight excluding hydrogens is 294 g/mol. The zero-order chi connectivity index (χ0) is 17.3. The molecule has 1 amide bonds. The van der Waals surface area contributed by atoms with Crippen molar-refractivity contribution in [3.8, 4) is 0 Å². The number of amides is 1. The van der Waals surface area contributed by atoms with Crippen molar-refractivity contribution in [2.45, 2.75) is 65.5 Å². The van der Waals surface area contributed by atoms with Gasteiger partial charge in [0, 0.05) is 5.92 Å². The SMILES string of the molecule is CCC.COC(=O)C1=C2C(C)CCCC2C2C(C(C)O)C(=O)N12. The summed E-state index contributed by atoms with van der Waals surface area (Å²) in [5.74, 6) is -0.415. The number of carbonyl (C=O) groups is 2. The molecule has 5 heteroatoms. The lowest BCUT2D eigenvalue weighted by Crippen LogP contribution is -2.64. The highest BCUT2D eigenvalue weighted by molar-refractivity contribution is 6.00.